The highest BCUT2D eigenvalue weighted by molar-refractivity contribution is 9.10. The van der Waals surface area contributed by atoms with Crippen molar-refractivity contribution in [2.75, 3.05) is 9.80 Å². The molecule has 2 aromatic carbocycles. The Kier molecular flexibility index (Phi) is 10.8. The maximum Gasteiger partial charge on any atom is 0.498 e. The van der Waals surface area contributed by atoms with Crippen LogP contribution >= 0.6 is 15.9 Å². The number of anilines is 2. The zero-order valence-electron chi connectivity index (χ0n) is 33.0. The minimum atomic E-state index is -0.285. The molecule has 2 saturated carbocycles. The van der Waals surface area contributed by atoms with Crippen molar-refractivity contribution >= 4 is 51.7 Å². The van der Waals surface area contributed by atoms with Gasteiger partial charge in [0.15, 0.2) is 0 Å². The normalized spacial score (nSPS) is 22.4. The predicted octanol–water partition coefficient (Wildman–Crippen LogP) is 8.23. The molecule has 54 heavy (non-hydrogen) atoms. The number of hydrogen-bond donors (Lipinski definition) is 0. The highest BCUT2D eigenvalue weighted by Gasteiger charge is 2.52. The summed E-state index contributed by atoms with van der Waals surface area (Å²) in [5, 5.41) is 8.85. The number of aryl methyl sites for hydroxylation is 2. The van der Waals surface area contributed by atoms with Gasteiger partial charge in [-0.2, -0.15) is 10.2 Å². The van der Waals surface area contributed by atoms with Crippen molar-refractivity contribution in [1.29, 1.82) is 0 Å². The lowest BCUT2D eigenvalue weighted by Gasteiger charge is -2.34. The molecule has 286 valence electrons. The van der Waals surface area contributed by atoms with E-state index in [4.69, 9.17) is 9.31 Å². The summed E-state index contributed by atoms with van der Waals surface area (Å²) >= 11 is 3.46. The highest BCUT2D eigenvalue weighted by Crippen LogP contribution is 2.39. The van der Waals surface area contributed by atoms with Gasteiger partial charge in [0.25, 0.3) is 0 Å². The summed E-state index contributed by atoms with van der Waals surface area (Å²) in [4.78, 5) is 27.3. The molecule has 9 rings (SSSR count). The fourth-order valence-electron chi connectivity index (χ4n) is 7.63. The van der Waals surface area contributed by atoms with Crippen LogP contribution in [0.3, 0.4) is 0 Å². The molecule has 12 heteroatoms. The predicted molar refractivity (Wildman–Crippen MR) is 218 cm³/mol. The SMILES string of the molecule is CC(=O)N1c2ccc(-c3cnn(C4CC4)c3)cc2CC[C@@H]1C.CC(=O)N1c2ccc(Br)cc2CC[C@@H]1C.CC1(C)OB(c2cnn(C3CC3)c2)OC1(C)C. The van der Waals surface area contributed by atoms with Gasteiger partial charge in [-0.15, -0.1) is 0 Å². The molecule has 0 spiro atoms. The number of carbonyl (C=O) groups excluding carboxylic acids is 2. The molecule has 10 nitrogen and oxygen atoms in total. The molecule has 3 aliphatic heterocycles. The number of nitrogens with zero attached hydrogens (tertiary/aromatic N) is 6. The third-order valence-electron chi connectivity index (χ3n) is 11.8. The Hall–Kier alpha value is -3.74. The molecule has 2 aromatic heterocycles. The van der Waals surface area contributed by atoms with Gasteiger partial charge in [-0.05, 0) is 140 Å². The monoisotopic (exact) mass is 796 g/mol. The Bertz CT molecular complexity index is 2000. The summed E-state index contributed by atoms with van der Waals surface area (Å²) in [5.41, 5.74) is 7.51. The molecule has 0 bridgehead atoms. The first-order chi connectivity index (χ1) is 25.6. The van der Waals surface area contributed by atoms with E-state index in [0.717, 1.165) is 47.0 Å². The summed E-state index contributed by atoms with van der Waals surface area (Å²) < 4.78 is 17.2. The molecule has 4 aromatic rings. The standard InChI is InChI=1S/C18H21N3O.C12H19BN2O2.C12H14BrNO/c1-12-3-4-15-9-14(5-8-18(15)21(12)13(2)22)16-10-19-20(11-16)17-6-7-17;1-11(2)12(3,4)17-13(16-11)9-7-14-15(8-9)10-5-6-10;1-8-3-4-10-7-11(13)5-6-12(10)14(8)9(2)15/h5,8-12,17H,3-4,6-7H2,1-2H3;7-8,10H,5-6H2,1-4H3;5-8H,3-4H2,1-2H3/t12-;;8-/m0.0/s1. The summed E-state index contributed by atoms with van der Waals surface area (Å²) in [6, 6.07) is 14.4. The number of carbonyl (C=O) groups is 2. The van der Waals surface area contributed by atoms with E-state index < -0.39 is 0 Å². The number of amides is 2. The molecular formula is C42H54BBrN6O4. The van der Waals surface area contributed by atoms with Crippen LogP contribution in [0.4, 0.5) is 11.4 Å². The van der Waals surface area contributed by atoms with Gasteiger partial charge in [-0.25, -0.2) is 0 Å². The van der Waals surface area contributed by atoms with Gasteiger partial charge in [0, 0.05) is 71.4 Å². The highest BCUT2D eigenvalue weighted by atomic mass is 79.9. The van der Waals surface area contributed by atoms with E-state index in [0.29, 0.717) is 18.1 Å². The first kappa shape index (κ1) is 38.5. The summed E-state index contributed by atoms with van der Waals surface area (Å²) in [7, 11) is -0.285. The van der Waals surface area contributed by atoms with E-state index in [-0.39, 0.29) is 36.2 Å². The zero-order valence-corrected chi connectivity index (χ0v) is 34.6. The van der Waals surface area contributed by atoms with Crippen LogP contribution in [-0.4, -0.2) is 61.8 Å². The lowest BCUT2D eigenvalue weighted by atomic mass is 9.82. The topological polar surface area (TPSA) is 94.7 Å². The molecule has 2 aliphatic carbocycles. The van der Waals surface area contributed by atoms with Crippen molar-refractivity contribution < 1.29 is 18.9 Å². The van der Waals surface area contributed by atoms with Crippen LogP contribution in [-0.2, 0) is 31.7 Å². The molecule has 1 saturated heterocycles. The summed E-state index contributed by atoms with van der Waals surface area (Å²) in [5.74, 6) is 0.258. The quantitative estimate of drug-likeness (QED) is 0.193. The first-order valence-electron chi connectivity index (χ1n) is 19.6. The van der Waals surface area contributed by atoms with Gasteiger partial charge < -0.3 is 19.1 Å². The second-order valence-corrected chi connectivity index (χ2v) is 17.6. The number of fused-ring (bicyclic) bond motifs is 2. The average Bonchev–Trinajstić information content (AvgIpc) is 4.03. The van der Waals surface area contributed by atoms with Crippen LogP contribution < -0.4 is 15.3 Å². The van der Waals surface area contributed by atoms with Crippen LogP contribution in [0, 0.1) is 0 Å². The van der Waals surface area contributed by atoms with Gasteiger partial charge >= 0.3 is 7.12 Å². The minimum absolute atomic E-state index is 0.128. The van der Waals surface area contributed by atoms with Gasteiger partial charge in [-0.3, -0.25) is 19.0 Å². The molecular weight excluding hydrogens is 743 g/mol. The molecule has 2 atom stereocenters. The number of benzene rings is 2. The van der Waals surface area contributed by atoms with Crippen molar-refractivity contribution in [2.45, 2.75) is 142 Å². The molecule has 0 radical (unpaired) electrons. The largest absolute Gasteiger partial charge is 0.498 e. The van der Waals surface area contributed by atoms with Gasteiger partial charge in [0.1, 0.15) is 0 Å². The van der Waals surface area contributed by atoms with Crippen molar-refractivity contribution in [3.8, 4) is 11.1 Å². The number of aromatic nitrogens is 4. The zero-order chi connectivity index (χ0) is 38.5. The molecule has 3 fully saturated rings. The van der Waals surface area contributed by atoms with Crippen LogP contribution in [0.25, 0.3) is 11.1 Å². The Morgan fingerprint density at radius 1 is 0.704 bits per heavy atom. The van der Waals surface area contributed by atoms with E-state index in [2.05, 4.69) is 109 Å². The molecule has 5 heterocycles. The van der Waals surface area contributed by atoms with Crippen LogP contribution in [0.5, 0.6) is 0 Å². The number of rotatable bonds is 4. The van der Waals surface area contributed by atoms with E-state index in [1.165, 1.54) is 47.9 Å². The fourth-order valence-corrected chi connectivity index (χ4v) is 8.04. The second-order valence-electron chi connectivity index (χ2n) is 16.7. The molecule has 2 amide bonds. The number of hydrogen-bond acceptors (Lipinski definition) is 6. The van der Waals surface area contributed by atoms with Gasteiger partial charge in [0.2, 0.25) is 11.8 Å². The molecule has 0 unspecified atom stereocenters. The molecule has 0 N–H and O–H groups in total. The average molecular weight is 798 g/mol. The summed E-state index contributed by atoms with van der Waals surface area (Å²) in [6.07, 6.45) is 17.1. The van der Waals surface area contributed by atoms with Crippen molar-refractivity contribution in [1.82, 2.24) is 19.6 Å². The Labute approximate surface area is 328 Å². The van der Waals surface area contributed by atoms with E-state index in [9.17, 15) is 9.59 Å². The smallest absolute Gasteiger partial charge is 0.399 e. The van der Waals surface area contributed by atoms with Crippen LogP contribution in [0.2, 0.25) is 0 Å². The van der Waals surface area contributed by atoms with E-state index >= 15 is 0 Å². The Morgan fingerprint density at radius 2 is 1.20 bits per heavy atom. The maximum absolute atomic E-state index is 11.9. The van der Waals surface area contributed by atoms with Crippen molar-refractivity contribution in [3.05, 3.63) is 76.8 Å². The third-order valence-corrected chi connectivity index (χ3v) is 12.3. The maximum atomic E-state index is 11.9. The van der Waals surface area contributed by atoms with Crippen molar-refractivity contribution in [2.24, 2.45) is 0 Å². The first-order valence-corrected chi connectivity index (χ1v) is 20.4. The van der Waals surface area contributed by atoms with Gasteiger partial charge in [0.05, 0.1) is 29.5 Å². The van der Waals surface area contributed by atoms with E-state index in [1.807, 2.05) is 39.0 Å². The van der Waals surface area contributed by atoms with Gasteiger partial charge in [-0.1, -0.05) is 22.0 Å². The minimum Gasteiger partial charge on any atom is -0.399 e. The van der Waals surface area contributed by atoms with Crippen LogP contribution in [0.15, 0.2) is 65.7 Å². The third kappa shape index (κ3) is 8.12. The van der Waals surface area contributed by atoms with Crippen LogP contribution in [0.1, 0.15) is 117 Å². The fraction of sp³-hybridized carbons (Fsp3) is 0.524. The Morgan fingerprint density at radius 3 is 1.74 bits per heavy atom. The second kappa shape index (κ2) is 15.1. The number of halogens is 1. The lowest BCUT2D eigenvalue weighted by molar-refractivity contribution is -0.117. The summed E-state index contributed by atoms with van der Waals surface area (Å²) in [6.45, 7) is 15.8. The van der Waals surface area contributed by atoms with Crippen molar-refractivity contribution in [3.63, 3.8) is 0 Å². The van der Waals surface area contributed by atoms with E-state index in [1.54, 1.807) is 13.8 Å². The lowest BCUT2D eigenvalue weighted by Crippen LogP contribution is -2.41. The Balaban J connectivity index is 0.000000128. The molecule has 5 aliphatic rings.